The lowest BCUT2D eigenvalue weighted by atomic mass is 10.2. The number of anilines is 2. The maximum absolute atomic E-state index is 11.5. The van der Waals surface area contributed by atoms with Crippen LogP contribution >= 0.6 is 0 Å². The number of nitrogens with zero attached hydrogens (tertiary/aromatic N) is 4. The van der Waals surface area contributed by atoms with Crippen LogP contribution in [0.25, 0.3) is 0 Å². The van der Waals surface area contributed by atoms with Crippen molar-refractivity contribution in [3.8, 4) is 0 Å². The molecule has 1 saturated heterocycles. The zero-order valence-corrected chi connectivity index (χ0v) is 17.1. The molecule has 4 N–H and O–H groups in total. The molecule has 1 fully saturated rings. The number of aliphatic hydroxyl groups excluding tert-OH is 1. The Morgan fingerprint density at radius 1 is 1.31 bits per heavy atom. The number of nitrogens with one attached hydrogen (secondary N) is 3. The van der Waals surface area contributed by atoms with E-state index in [-0.39, 0.29) is 6.03 Å². The largest absolute Gasteiger partial charge is 0.373 e. The van der Waals surface area contributed by atoms with Gasteiger partial charge in [-0.1, -0.05) is 5.16 Å². The van der Waals surface area contributed by atoms with Gasteiger partial charge in [-0.25, -0.2) is 4.79 Å². The molecule has 0 aliphatic carbocycles. The number of aromatic nitrogens is 2. The zero-order chi connectivity index (χ0) is 20.8. The molecule has 1 unspecified atom stereocenters. The Morgan fingerprint density at radius 2 is 2.07 bits per heavy atom. The third-order valence-corrected chi connectivity index (χ3v) is 4.86. The fourth-order valence-electron chi connectivity index (χ4n) is 3.34. The molecule has 0 saturated carbocycles. The van der Waals surface area contributed by atoms with Crippen molar-refractivity contribution in [3.63, 3.8) is 0 Å². The molecule has 10 nitrogen and oxygen atoms in total. The normalized spacial score (nSPS) is 15.9. The van der Waals surface area contributed by atoms with E-state index in [0.717, 1.165) is 37.6 Å². The number of aryl methyl sites for hydroxylation is 1. The van der Waals surface area contributed by atoms with Gasteiger partial charge in [0.25, 0.3) is 0 Å². The average Bonchev–Trinajstić information content (AvgIpc) is 3.14. The molecule has 1 atom stereocenters. The lowest BCUT2D eigenvalue weighted by Gasteiger charge is -2.36. The number of rotatable bonds is 7. The maximum Gasteiger partial charge on any atom is 0.320 e. The first-order chi connectivity index (χ1) is 14.0. The van der Waals surface area contributed by atoms with Gasteiger partial charge in [-0.05, 0) is 33.0 Å². The predicted molar refractivity (Wildman–Crippen MR) is 110 cm³/mol. The molecule has 0 aromatic carbocycles. The van der Waals surface area contributed by atoms with Crippen molar-refractivity contribution in [1.29, 1.82) is 0 Å². The molecule has 10 heteroatoms. The summed E-state index contributed by atoms with van der Waals surface area (Å²) in [6, 6.07) is 5.33. The van der Waals surface area contributed by atoms with Crippen molar-refractivity contribution >= 4 is 17.5 Å². The average molecular weight is 403 g/mol. The van der Waals surface area contributed by atoms with E-state index in [1.54, 1.807) is 13.1 Å². The van der Waals surface area contributed by atoms with Crippen molar-refractivity contribution in [2.24, 2.45) is 0 Å². The van der Waals surface area contributed by atoms with Crippen molar-refractivity contribution < 1.29 is 14.4 Å². The molecule has 158 valence electrons. The van der Waals surface area contributed by atoms with E-state index < -0.39 is 6.23 Å². The zero-order valence-electron chi connectivity index (χ0n) is 17.1. The Kier molecular flexibility index (Phi) is 7.02. The van der Waals surface area contributed by atoms with E-state index in [4.69, 9.17) is 4.52 Å². The molecular formula is C19H29N7O3. The minimum Gasteiger partial charge on any atom is -0.373 e. The van der Waals surface area contributed by atoms with Gasteiger partial charge in [-0.3, -0.25) is 20.5 Å². The first kappa shape index (κ1) is 21.0. The van der Waals surface area contributed by atoms with Crippen molar-refractivity contribution in [3.05, 3.63) is 35.3 Å². The summed E-state index contributed by atoms with van der Waals surface area (Å²) in [5, 5.41) is 21.8. The van der Waals surface area contributed by atoms with Crippen molar-refractivity contribution in [1.82, 2.24) is 25.7 Å². The van der Waals surface area contributed by atoms with Crippen LogP contribution in [0, 0.1) is 6.92 Å². The third-order valence-electron chi connectivity index (χ3n) is 4.86. The second-order valence-corrected chi connectivity index (χ2v) is 6.96. The summed E-state index contributed by atoms with van der Waals surface area (Å²) in [4.78, 5) is 20.6. The fraction of sp³-hybridized carbons (Fsp3) is 0.526. The highest BCUT2D eigenvalue weighted by Gasteiger charge is 2.21. The molecule has 1 aliphatic rings. The lowest BCUT2D eigenvalue weighted by Crippen LogP contribution is -2.46. The molecule has 3 rings (SSSR count). The van der Waals surface area contributed by atoms with E-state index in [1.807, 2.05) is 26.0 Å². The van der Waals surface area contributed by atoms with Crippen LogP contribution in [0.5, 0.6) is 0 Å². The highest BCUT2D eigenvalue weighted by molar-refractivity contribution is 5.88. The topological polar surface area (TPSA) is 119 Å². The van der Waals surface area contributed by atoms with Gasteiger partial charge in [0.15, 0.2) is 11.6 Å². The van der Waals surface area contributed by atoms with E-state index in [2.05, 4.69) is 35.9 Å². The molecule has 0 spiro atoms. The summed E-state index contributed by atoms with van der Waals surface area (Å²) in [5.41, 5.74) is 2.61. The molecule has 29 heavy (non-hydrogen) atoms. The van der Waals surface area contributed by atoms with Gasteiger partial charge in [0.05, 0.1) is 23.6 Å². The molecule has 0 bridgehead atoms. The van der Waals surface area contributed by atoms with E-state index in [1.165, 1.54) is 0 Å². The third kappa shape index (κ3) is 5.43. The van der Waals surface area contributed by atoms with E-state index in [9.17, 15) is 9.90 Å². The molecule has 1 aliphatic heterocycles. The van der Waals surface area contributed by atoms with Crippen LogP contribution in [-0.4, -0.2) is 65.9 Å². The Morgan fingerprint density at radius 3 is 2.72 bits per heavy atom. The SMILES string of the molecule is CCNC(=O)Nc1cc(CN2CCN(c3ccc(C(O)NC)nc3C)CC2)on1. The van der Waals surface area contributed by atoms with Gasteiger partial charge in [0, 0.05) is 38.8 Å². The van der Waals surface area contributed by atoms with Crippen molar-refractivity contribution in [2.45, 2.75) is 26.6 Å². The molecule has 2 aromatic rings. The smallest absolute Gasteiger partial charge is 0.320 e. The molecule has 2 amide bonds. The van der Waals surface area contributed by atoms with Crippen LogP contribution in [0.3, 0.4) is 0 Å². The van der Waals surface area contributed by atoms with Gasteiger partial charge in [-0.2, -0.15) is 0 Å². The molecular weight excluding hydrogens is 374 g/mol. The molecule has 3 heterocycles. The lowest BCUT2D eigenvalue weighted by molar-refractivity contribution is 0.144. The number of urea groups is 1. The highest BCUT2D eigenvalue weighted by atomic mass is 16.5. The molecule has 2 aromatic heterocycles. The quantitative estimate of drug-likeness (QED) is 0.507. The Bertz CT molecular complexity index is 818. The Balaban J connectivity index is 1.52. The second kappa shape index (κ2) is 9.68. The fourth-order valence-corrected chi connectivity index (χ4v) is 3.34. The number of carbonyl (C=O) groups is 1. The standard InChI is InChI=1S/C19H29N7O3/c1-4-21-19(28)23-17-11-14(29-24-17)12-25-7-9-26(10-8-25)16-6-5-15(18(27)20-3)22-13(16)2/h5-6,11,18,20,27H,4,7-10,12H2,1-3H3,(H2,21,23,24,28). The van der Waals surface area contributed by atoms with Gasteiger partial charge in [-0.15, -0.1) is 0 Å². The van der Waals surface area contributed by atoms with Gasteiger partial charge >= 0.3 is 6.03 Å². The Labute approximate surface area is 170 Å². The number of hydrogen-bond acceptors (Lipinski definition) is 8. The van der Waals surface area contributed by atoms with Crippen molar-refractivity contribution in [2.75, 3.05) is 50.0 Å². The van der Waals surface area contributed by atoms with Crippen LogP contribution in [-0.2, 0) is 6.54 Å². The number of carbonyl (C=O) groups excluding carboxylic acids is 1. The van der Waals surface area contributed by atoms with E-state index in [0.29, 0.717) is 30.4 Å². The summed E-state index contributed by atoms with van der Waals surface area (Å²) in [5.74, 6) is 1.13. The summed E-state index contributed by atoms with van der Waals surface area (Å²) >= 11 is 0. The second-order valence-electron chi connectivity index (χ2n) is 6.96. The van der Waals surface area contributed by atoms with Gasteiger partial charge < -0.3 is 19.8 Å². The summed E-state index contributed by atoms with van der Waals surface area (Å²) in [6.45, 7) is 8.50. The number of aliphatic hydroxyl groups is 1. The van der Waals surface area contributed by atoms with Crippen LogP contribution in [0.2, 0.25) is 0 Å². The van der Waals surface area contributed by atoms with Crippen LogP contribution in [0.1, 0.15) is 30.3 Å². The van der Waals surface area contributed by atoms with Gasteiger partial charge in [0.2, 0.25) is 0 Å². The minimum absolute atomic E-state index is 0.293. The summed E-state index contributed by atoms with van der Waals surface area (Å²) in [6.07, 6.45) is -0.756. The van der Waals surface area contributed by atoms with Crippen LogP contribution in [0.4, 0.5) is 16.3 Å². The summed E-state index contributed by atoms with van der Waals surface area (Å²) < 4.78 is 5.34. The number of amides is 2. The first-order valence-corrected chi connectivity index (χ1v) is 9.80. The van der Waals surface area contributed by atoms with Crippen LogP contribution in [0.15, 0.2) is 22.7 Å². The number of hydrogen-bond donors (Lipinski definition) is 4. The van der Waals surface area contributed by atoms with Gasteiger partial charge in [0.1, 0.15) is 6.23 Å². The summed E-state index contributed by atoms with van der Waals surface area (Å²) in [7, 11) is 1.70. The highest BCUT2D eigenvalue weighted by Crippen LogP contribution is 2.22. The number of piperazine rings is 1. The first-order valence-electron chi connectivity index (χ1n) is 9.80. The number of pyridine rings is 1. The van der Waals surface area contributed by atoms with E-state index >= 15 is 0 Å². The molecule has 0 radical (unpaired) electrons. The van der Waals surface area contributed by atoms with Crippen LogP contribution < -0.4 is 20.9 Å². The predicted octanol–water partition coefficient (Wildman–Crippen LogP) is 1.05. The minimum atomic E-state index is -0.756. The maximum atomic E-state index is 11.5. The monoisotopic (exact) mass is 403 g/mol. The Hall–Kier alpha value is -2.69.